The summed E-state index contributed by atoms with van der Waals surface area (Å²) in [5, 5.41) is 0. The van der Waals surface area contributed by atoms with Crippen molar-refractivity contribution in [1.29, 1.82) is 0 Å². The zero-order chi connectivity index (χ0) is 15.0. The van der Waals surface area contributed by atoms with Crippen molar-refractivity contribution in [3.05, 3.63) is 28.7 Å². The van der Waals surface area contributed by atoms with E-state index in [-0.39, 0.29) is 22.3 Å². The molecule has 0 aliphatic carbocycles. The van der Waals surface area contributed by atoms with Crippen LogP contribution in [0.2, 0.25) is 0 Å². The topological polar surface area (TPSA) is 80.3 Å². The standard InChI is InChI=1S/C12H16BrNO4S2/c1-9(10-6-7-19(15,16)8-10)14-20(17,18)12-4-2-11(13)3-5-12/h2-5,9-10,14H,6-8H2,1H3. The lowest BCUT2D eigenvalue weighted by Crippen LogP contribution is -2.38. The molecule has 0 saturated carbocycles. The summed E-state index contributed by atoms with van der Waals surface area (Å²) < 4.78 is 50.6. The molecule has 1 heterocycles. The number of sulfonamides is 1. The van der Waals surface area contributed by atoms with Gasteiger partial charge in [0.1, 0.15) is 0 Å². The summed E-state index contributed by atoms with van der Waals surface area (Å²) >= 11 is 3.25. The molecule has 8 heteroatoms. The maximum atomic E-state index is 12.2. The molecule has 2 atom stereocenters. The minimum Gasteiger partial charge on any atom is -0.229 e. The van der Waals surface area contributed by atoms with Crippen LogP contribution < -0.4 is 4.72 Å². The largest absolute Gasteiger partial charge is 0.240 e. The van der Waals surface area contributed by atoms with Crippen molar-refractivity contribution in [1.82, 2.24) is 4.72 Å². The predicted molar refractivity (Wildman–Crippen MR) is 80.7 cm³/mol. The molecule has 2 rings (SSSR count). The fraction of sp³-hybridized carbons (Fsp3) is 0.500. The number of halogens is 1. The Morgan fingerprint density at radius 3 is 2.40 bits per heavy atom. The smallest absolute Gasteiger partial charge is 0.229 e. The van der Waals surface area contributed by atoms with Gasteiger partial charge in [-0.25, -0.2) is 21.6 Å². The normalized spacial score (nSPS) is 23.6. The summed E-state index contributed by atoms with van der Waals surface area (Å²) in [7, 11) is -6.62. The quantitative estimate of drug-likeness (QED) is 0.857. The lowest BCUT2D eigenvalue weighted by molar-refractivity contribution is 0.452. The molecule has 1 aromatic carbocycles. The van der Waals surface area contributed by atoms with Crippen molar-refractivity contribution in [2.75, 3.05) is 11.5 Å². The number of nitrogens with one attached hydrogen (secondary N) is 1. The van der Waals surface area contributed by atoms with Crippen LogP contribution in [0.4, 0.5) is 0 Å². The zero-order valence-electron chi connectivity index (χ0n) is 10.9. The SMILES string of the molecule is CC(NS(=O)(=O)c1ccc(Br)cc1)C1CCS(=O)(=O)C1. The molecule has 0 bridgehead atoms. The van der Waals surface area contributed by atoms with Gasteiger partial charge >= 0.3 is 0 Å². The molecular weight excluding hydrogens is 366 g/mol. The van der Waals surface area contributed by atoms with E-state index in [2.05, 4.69) is 20.7 Å². The first-order valence-electron chi connectivity index (χ1n) is 6.18. The monoisotopic (exact) mass is 381 g/mol. The van der Waals surface area contributed by atoms with Crippen molar-refractivity contribution in [2.24, 2.45) is 5.92 Å². The summed E-state index contributed by atoms with van der Waals surface area (Å²) in [6, 6.07) is 5.91. The van der Waals surface area contributed by atoms with Crippen LogP contribution in [0.25, 0.3) is 0 Å². The lowest BCUT2D eigenvalue weighted by Gasteiger charge is -2.19. The van der Waals surface area contributed by atoms with Crippen molar-refractivity contribution in [3.8, 4) is 0 Å². The Balaban J connectivity index is 2.10. The van der Waals surface area contributed by atoms with Gasteiger partial charge in [-0.15, -0.1) is 0 Å². The van der Waals surface area contributed by atoms with Crippen LogP contribution in [-0.2, 0) is 19.9 Å². The first-order valence-corrected chi connectivity index (χ1v) is 10.3. The van der Waals surface area contributed by atoms with E-state index < -0.39 is 25.9 Å². The van der Waals surface area contributed by atoms with Gasteiger partial charge in [0.25, 0.3) is 0 Å². The minimum atomic E-state index is -3.62. The van der Waals surface area contributed by atoms with E-state index in [9.17, 15) is 16.8 Å². The molecule has 5 nitrogen and oxygen atoms in total. The molecule has 1 aliphatic rings. The Bertz CT molecular complexity index is 683. The third-order valence-electron chi connectivity index (χ3n) is 3.44. The Morgan fingerprint density at radius 2 is 1.90 bits per heavy atom. The Kier molecular flexibility index (Phi) is 4.58. The number of hydrogen-bond acceptors (Lipinski definition) is 4. The average Bonchev–Trinajstić information content (AvgIpc) is 2.70. The van der Waals surface area contributed by atoms with Crippen molar-refractivity contribution in [2.45, 2.75) is 24.3 Å². The predicted octanol–water partition coefficient (Wildman–Crippen LogP) is 1.55. The molecular formula is C12H16BrNO4S2. The molecule has 1 aliphatic heterocycles. The highest BCUT2D eigenvalue weighted by atomic mass is 79.9. The second-order valence-electron chi connectivity index (χ2n) is 5.03. The van der Waals surface area contributed by atoms with Crippen molar-refractivity contribution >= 4 is 35.8 Å². The second kappa shape index (κ2) is 5.75. The summed E-state index contributed by atoms with van der Waals surface area (Å²) in [6.45, 7) is 1.71. The number of benzene rings is 1. The molecule has 1 N–H and O–H groups in total. The second-order valence-corrected chi connectivity index (χ2v) is 9.89. The van der Waals surface area contributed by atoms with Crippen LogP contribution in [0.1, 0.15) is 13.3 Å². The molecule has 0 amide bonds. The molecule has 0 aromatic heterocycles. The molecule has 1 fully saturated rings. The van der Waals surface area contributed by atoms with Crippen LogP contribution in [0.5, 0.6) is 0 Å². The highest BCUT2D eigenvalue weighted by Gasteiger charge is 2.33. The van der Waals surface area contributed by atoms with Gasteiger partial charge < -0.3 is 0 Å². The van der Waals surface area contributed by atoms with Crippen LogP contribution in [0.15, 0.2) is 33.6 Å². The van der Waals surface area contributed by atoms with Gasteiger partial charge in [0, 0.05) is 10.5 Å². The average molecular weight is 382 g/mol. The van der Waals surface area contributed by atoms with Crippen LogP contribution in [0, 0.1) is 5.92 Å². The molecule has 1 aromatic rings. The van der Waals surface area contributed by atoms with Gasteiger partial charge in [0.15, 0.2) is 9.84 Å². The lowest BCUT2D eigenvalue weighted by atomic mass is 10.0. The summed E-state index contributed by atoms with van der Waals surface area (Å²) in [5.41, 5.74) is 0. The minimum absolute atomic E-state index is 0.0526. The third kappa shape index (κ3) is 3.81. The Hall–Kier alpha value is -0.440. The first kappa shape index (κ1) is 15.9. The molecule has 0 spiro atoms. The zero-order valence-corrected chi connectivity index (χ0v) is 14.1. The fourth-order valence-corrected chi connectivity index (χ4v) is 5.75. The first-order chi connectivity index (χ1) is 9.20. The van der Waals surface area contributed by atoms with Gasteiger partial charge in [-0.2, -0.15) is 0 Å². The van der Waals surface area contributed by atoms with Crippen LogP contribution >= 0.6 is 15.9 Å². The molecule has 112 valence electrons. The van der Waals surface area contributed by atoms with Gasteiger partial charge in [0.2, 0.25) is 10.0 Å². The van der Waals surface area contributed by atoms with Crippen molar-refractivity contribution < 1.29 is 16.8 Å². The Morgan fingerprint density at radius 1 is 1.30 bits per heavy atom. The summed E-state index contributed by atoms with van der Waals surface area (Å²) in [6.07, 6.45) is 0.506. The van der Waals surface area contributed by atoms with E-state index in [0.717, 1.165) is 4.47 Å². The molecule has 2 unspecified atom stereocenters. The highest BCUT2D eigenvalue weighted by Crippen LogP contribution is 2.23. The Labute approximate surface area is 127 Å². The molecule has 1 saturated heterocycles. The third-order valence-corrected chi connectivity index (χ3v) is 7.34. The maximum absolute atomic E-state index is 12.2. The van der Waals surface area contributed by atoms with E-state index in [1.165, 1.54) is 12.1 Å². The summed E-state index contributed by atoms with van der Waals surface area (Å²) in [5.74, 6) is 0.0317. The van der Waals surface area contributed by atoms with E-state index in [4.69, 9.17) is 0 Å². The van der Waals surface area contributed by atoms with E-state index in [1.54, 1.807) is 19.1 Å². The molecule has 20 heavy (non-hydrogen) atoms. The van der Waals surface area contributed by atoms with Gasteiger partial charge in [0.05, 0.1) is 16.4 Å². The number of hydrogen-bond donors (Lipinski definition) is 1. The number of rotatable bonds is 4. The van der Waals surface area contributed by atoms with Crippen LogP contribution in [0.3, 0.4) is 0 Å². The summed E-state index contributed by atoms with van der Waals surface area (Å²) in [4.78, 5) is 0.174. The van der Waals surface area contributed by atoms with Crippen LogP contribution in [-0.4, -0.2) is 34.4 Å². The molecule has 0 radical (unpaired) electrons. The number of sulfone groups is 1. The van der Waals surface area contributed by atoms with E-state index in [1.807, 2.05) is 0 Å². The van der Waals surface area contributed by atoms with Gasteiger partial charge in [-0.05, 0) is 43.5 Å². The van der Waals surface area contributed by atoms with E-state index in [0.29, 0.717) is 6.42 Å². The maximum Gasteiger partial charge on any atom is 0.240 e. The highest BCUT2D eigenvalue weighted by molar-refractivity contribution is 9.10. The fourth-order valence-electron chi connectivity index (χ4n) is 2.24. The van der Waals surface area contributed by atoms with Gasteiger partial charge in [-0.3, -0.25) is 0 Å². The van der Waals surface area contributed by atoms with Crippen molar-refractivity contribution in [3.63, 3.8) is 0 Å². The van der Waals surface area contributed by atoms with Gasteiger partial charge in [-0.1, -0.05) is 15.9 Å². The van der Waals surface area contributed by atoms with E-state index >= 15 is 0 Å².